The maximum Gasteiger partial charge on any atom is 0.322 e. The van der Waals surface area contributed by atoms with Crippen molar-refractivity contribution in [1.29, 1.82) is 0 Å². The Labute approximate surface area is 148 Å². The molecule has 25 heavy (non-hydrogen) atoms. The number of urea groups is 1. The van der Waals surface area contributed by atoms with Crippen LogP contribution in [0.5, 0.6) is 0 Å². The molecule has 6 nitrogen and oxygen atoms in total. The van der Waals surface area contributed by atoms with E-state index in [4.69, 9.17) is 0 Å². The number of hydrogen-bond acceptors (Lipinski definition) is 3. The van der Waals surface area contributed by atoms with Gasteiger partial charge in [-0.3, -0.25) is 4.68 Å². The van der Waals surface area contributed by atoms with E-state index in [0.29, 0.717) is 19.1 Å². The minimum absolute atomic E-state index is 0.0660. The highest BCUT2D eigenvalue weighted by molar-refractivity contribution is 5.89. The SMILES string of the molecule is CC(C1CC1)n1cc(NC(=O)N2CCN(C)c3ccccc3C2)cn1. The van der Waals surface area contributed by atoms with E-state index < -0.39 is 0 Å². The average Bonchev–Trinajstić information content (AvgIpc) is 3.39. The van der Waals surface area contributed by atoms with Gasteiger partial charge in [0.15, 0.2) is 0 Å². The van der Waals surface area contributed by atoms with E-state index >= 15 is 0 Å². The highest BCUT2D eigenvalue weighted by Crippen LogP contribution is 2.39. The maximum atomic E-state index is 12.7. The monoisotopic (exact) mass is 339 g/mol. The molecule has 1 N–H and O–H groups in total. The topological polar surface area (TPSA) is 53.4 Å². The Bertz CT molecular complexity index is 767. The Hall–Kier alpha value is -2.50. The normalized spacial score (nSPS) is 18.5. The number of para-hydroxylation sites is 1. The van der Waals surface area contributed by atoms with Gasteiger partial charge in [-0.2, -0.15) is 5.10 Å². The molecule has 132 valence electrons. The van der Waals surface area contributed by atoms with Crippen LogP contribution in [0.2, 0.25) is 0 Å². The summed E-state index contributed by atoms with van der Waals surface area (Å²) in [5.74, 6) is 0.737. The highest BCUT2D eigenvalue weighted by Gasteiger charge is 2.29. The number of anilines is 2. The lowest BCUT2D eigenvalue weighted by atomic mass is 10.1. The summed E-state index contributed by atoms with van der Waals surface area (Å²) in [6.07, 6.45) is 6.25. The van der Waals surface area contributed by atoms with Crippen LogP contribution < -0.4 is 10.2 Å². The van der Waals surface area contributed by atoms with E-state index in [9.17, 15) is 4.79 Å². The summed E-state index contributed by atoms with van der Waals surface area (Å²) in [6.45, 7) is 4.34. The molecule has 0 radical (unpaired) electrons. The molecule has 4 rings (SSSR count). The summed E-state index contributed by atoms with van der Waals surface area (Å²) in [5.41, 5.74) is 3.14. The second kappa shape index (κ2) is 6.43. The van der Waals surface area contributed by atoms with Crippen molar-refractivity contribution in [2.24, 2.45) is 5.92 Å². The molecule has 6 heteroatoms. The Morgan fingerprint density at radius 1 is 1.28 bits per heavy atom. The number of aromatic nitrogens is 2. The number of likely N-dealkylation sites (N-methyl/N-ethyl adjacent to an activating group) is 1. The molecule has 2 heterocycles. The first-order chi connectivity index (χ1) is 12.1. The fourth-order valence-electron chi connectivity index (χ4n) is 3.49. The van der Waals surface area contributed by atoms with Crippen molar-refractivity contribution in [3.05, 3.63) is 42.2 Å². The maximum absolute atomic E-state index is 12.7. The van der Waals surface area contributed by atoms with E-state index in [1.165, 1.54) is 24.1 Å². The van der Waals surface area contributed by atoms with Crippen LogP contribution in [0.15, 0.2) is 36.7 Å². The van der Waals surface area contributed by atoms with E-state index in [-0.39, 0.29) is 6.03 Å². The van der Waals surface area contributed by atoms with Crippen molar-refractivity contribution < 1.29 is 4.79 Å². The molecule has 0 spiro atoms. The minimum Gasteiger partial charge on any atom is -0.373 e. The number of carbonyl (C=O) groups excluding carboxylic acids is 1. The molecule has 2 aliphatic rings. The third-order valence-corrected chi connectivity index (χ3v) is 5.33. The first kappa shape index (κ1) is 16.0. The smallest absolute Gasteiger partial charge is 0.322 e. The minimum atomic E-state index is -0.0660. The molecule has 1 fully saturated rings. The first-order valence-electron chi connectivity index (χ1n) is 9.01. The van der Waals surface area contributed by atoms with Crippen molar-refractivity contribution in [3.63, 3.8) is 0 Å². The predicted octanol–water partition coefficient (Wildman–Crippen LogP) is 3.34. The highest BCUT2D eigenvalue weighted by atomic mass is 16.2. The molecule has 1 aromatic carbocycles. The lowest BCUT2D eigenvalue weighted by Gasteiger charge is -2.21. The van der Waals surface area contributed by atoms with Gasteiger partial charge in [-0.25, -0.2) is 4.79 Å². The number of carbonyl (C=O) groups is 1. The van der Waals surface area contributed by atoms with Crippen LogP contribution in [0.25, 0.3) is 0 Å². The molecular formula is C19H25N5O. The molecule has 0 saturated heterocycles. The second-order valence-corrected chi connectivity index (χ2v) is 7.19. The number of hydrogen-bond donors (Lipinski definition) is 1. The third-order valence-electron chi connectivity index (χ3n) is 5.33. The standard InChI is InChI=1S/C19H25N5O/c1-14(15-7-8-15)24-13-17(11-20-24)21-19(25)23-10-9-22(2)18-6-4-3-5-16(18)12-23/h3-6,11,13-15H,7-10,12H2,1-2H3,(H,21,25). The zero-order chi connectivity index (χ0) is 17.4. The first-order valence-corrected chi connectivity index (χ1v) is 9.01. The van der Waals surface area contributed by atoms with Gasteiger partial charge in [0.2, 0.25) is 0 Å². The lowest BCUT2D eigenvalue weighted by molar-refractivity contribution is 0.212. The van der Waals surface area contributed by atoms with Gasteiger partial charge in [-0.1, -0.05) is 18.2 Å². The average molecular weight is 339 g/mol. The molecule has 0 bridgehead atoms. The molecule has 2 amide bonds. The Kier molecular flexibility index (Phi) is 4.11. The van der Waals surface area contributed by atoms with Gasteiger partial charge < -0.3 is 15.1 Å². The van der Waals surface area contributed by atoms with Crippen LogP contribution in [0.4, 0.5) is 16.2 Å². The molecule has 1 saturated carbocycles. The molecule has 1 aliphatic heterocycles. The Morgan fingerprint density at radius 2 is 2.08 bits per heavy atom. The van der Waals surface area contributed by atoms with E-state index in [1.807, 2.05) is 27.9 Å². The van der Waals surface area contributed by atoms with Gasteiger partial charge in [0, 0.05) is 38.6 Å². The molecule has 2 aromatic rings. The zero-order valence-electron chi connectivity index (χ0n) is 14.9. The van der Waals surface area contributed by atoms with Crippen LogP contribution >= 0.6 is 0 Å². The second-order valence-electron chi connectivity index (χ2n) is 7.19. The van der Waals surface area contributed by atoms with Gasteiger partial charge in [0.1, 0.15) is 0 Å². The molecule has 1 atom stereocenters. The van der Waals surface area contributed by atoms with Crippen LogP contribution in [-0.4, -0.2) is 40.8 Å². The molecular weight excluding hydrogens is 314 g/mol. The van der Waals surface area contributed by atoms with Crippen molar-refractivity contribution in [2.45, 2.75) is 32.4 Å². The number of amides is 2. The van der Waals surface area contributed by atoms with Crippen molar-refractivity contribution >= 4 is 17.4 Å². The summed E-state index contributed by atoms with van der Waals surface area (Å²) >= 11 is 0. The number of nitrogens with zero attached hydrogens (tertiary/aromatic N) is 4. The van der Waals surface area contributed by atoms with Crippen LogP contribution in [0.1, 0.15) is 31.4 Å². The van der Waals surface area contributed by atoms with Crippen molar-refractivity contribution in [2.75, 3.05) is 30.4 Å². The quantitative estimate of drug-likeness (QED) is 0.933. The Morgan fingerprint density at radius 3 is 2.88 bits per heavy atom. The fraction of sp³-hybridized carbons (Fsp3) is 0.474. The van der Waals surface area contributed by atoms with Gasteiger partial charge in [0.05, 0.1) is 17.9 Å². The van der Waals surface area contributed by atoms with E-state index in [1.54, 1.807) is 6.20 Å². The van der Waals surface area contributed by atoms with Gasteiger partial charge in [0.25, 0.3) is 0 Å². The summed E-state index contributed by atoms with van der Waals surface area (Å²) in [7, 11) is 2.07. The van der Waals surface area contributed by atoms with Crippen LogP contribution in [0, 0.1) is 5.92 Å². The van der Waals surface area contributed by atoms with E-state index in [2.05, 4.69) is 41.4 Å². The Balaban J connectivity index is 1.44. The molecule has 1 aromatic heterocycles. The summed E-state index contributed by atoms with van der Waals surface area (Å²) in [4.78, 5) is 16.8. The van der Waals surface area contributed by atoms with Gasteiger partial charge >= 0.3 is 6.03 Å². The fourth-order valence-corrected chi connectivity index (χ4v) is 3.49. The predicted molar refractivity (Wildman–Crippen MR) is 98.8 cm³/mol. The summed E-state index contributed by atoms with van der Waals surface area (Å²) in [5, 5.41) is 7.42. The summed E-state index contributed by atoms with van der Waals surface area (Å²) < 4.78 is 1.97. The van der Waals surface area contributed by atoms with Crippen molar-refractivity contribution in [3.8, 4) is 0 Å². The van der Waals surface area contributed by atoms with Crippen LogP contribution in [-0.2, 0) is 6.54 Å². The number of benzene rings is 1. The third kappa shape index (κ3) is 3.34. The van der Waals surface area contributed by atoms with E-state index in [0.717, 1.165) is 18.2 Å². The molecule has 1 aliphatic carbocycles. The zero-order valence-corrected chi connectivity index (χ0v) is 14.9. The number of rotatable bonds is 3. The van der Waals surface area contributed by atoms with Crippen molar-refractivity contribution in [1.82, 2.24) is 14.7 Å². The number of fused-ring (bicyclic) bond motifs is 1. The van der Waals surface area contributed by atoms with Gasteiger partial charge in [-0.05, 0) is 37.3 Å². The summed E-state index contributed by atoms with van der Waals surface area (Å²) in [6, 6.07) is 8.61. The lowest BCUT2D eigenvalue weighted by Crippen LogP contribution is -2.37. The largest absolute Gasteiger partial charge is 0.373 e. The van der Waals surface area contributed by atoms with Crippen LogP contribution in [0.3, 0.4) is 0 Å². The molecule has 1 unspecified atom stereocenters. The number of nitrogens with one attached hydrogen (secondary N) is 1. The van der Waals surface area contributed by atoms with Gasteiger partial charge in [-0.15, -0.1) is 0 Å².